The van der Waals surface area contributed by atoms with Crippen molar-refractivity contribution in [2.45, 2.75) is 20.3 Å². The molecule has 1 rings (SSSR count). The molecule has 3 heteroatoms. The molecular weight excluding hydrogens is 168 g/mol. The lowest BCUT2D eigenvalue weighted by atomic mass is 10.3. The smallest absolute Gasteiger partial charge is 0.0635 e. The zero-order valence-corrected chi connectivity index (χ0v) is 8.82. The Morgan fingerprint density at radius 2 is 2.33 bits per heavy atom. The maximum Gasteiger partial charge on any atom is 0.0635 e. The summed E-state index contributed by atoms with van der Waals surface area (Å²) < 4.78 is 1.94. The van der Waals surface area contributed by atoms with Crippen LogP contribution in [0.2, 0.25) is 0 Å². The molecule has 0 aliphatic rings. The van der Waals surface area contributed by atoms with E-state index in [0.29, 0.717) is 0 Å². The van der Waals surface area contributed by atoms with E-state index in [0.717, 1.165) is 6.42 Å². The van der Waals surface area contributed by atoms with Crippen molar-refractivity contribution in [3.63, 3.8) is 0 Å². The molecule has 0 aliphatic heterocycles. The highest BCUT2D eigenvalue weighted by atomic mass is 32.2. The van der Waals surface area contributed by atoms with Gasteiger partial charge in [-0.25, -0.2) is 0 Å². The lowest BCUT2D eigenvalue weighted by Gasteiger charge is -1.94. The molecule has 0 spiro atoms. The summed E-state index contributed by atoms with van der Waals surface area (Å²) in [5.41, 5.74) is 2.46. The lowest BCUT2D eigenvalue weighted by molar-refractivity contribution is 0.724. The third-order valence-corrected chi connectivity index (χ3v) is 2.77. The second-order valence-electron chi connectivity index (χ2n) is 2.85. The predicted molar refractivity (Wildman–Crippen MR) is 54.6 cm³/mol. The van der Waals surface area contributed by atoms with E-state index in [-0.39, 0.29) is 0 Å². The molecule has 0 fully saturated rings. The molecule has 0 aromatic carbocycles. The van der Waals surface area contributed by atoms with Gasteiger partial charge in [0.05, 0.1) is 5.69 Å². The van der Waals surface area contributed by atoms with Crippen molar-refractivity contribution in [3.8, 4) is 0 Å². The van der Waals surface area contributed by atoms with Crippen LogP contribution in [0.5, 0.6) is 0 Å². The van der Waals surface area contributed by atoms with E-state index in [1.54, 1.807) is 0 Å². The molecule has 2 nitrogen and oxygen atoms in total. The normalized spacial score (nSPS) is 10.6. The third-order valence-electron chi connectivity index (χ3n) is 1.87. The molecule has 0 unspecified atom stereocenters. The Bertz CT molecular complexity index is 223. The molecule has 0 amide bonds. The molecular formula is C9H16N2S. The predicted octanol–water partition coefficient (Wildman–Crippen LogP) is 2.02. The second-order valence-corrected chi connectivity index (χ2v) is 4.24. The summed E-state index contributed by atoms with van der Waals surface area (Å²) in [4.78, 5) is 0. The zero-order valence-electron chi connectivity index (χ0n) is 8.00. The maximum absolute atomic E-state index is 4.39. The fraction of sp³-hybridized carbons (Fsp3) is 0.667. The molecule has 0 aliphatic carbocycles. The van der Waals surface area contributed by atoms with E-state index in [1.165, 1.54) is 22.9 Å². The molecule has 1 aromatic heterocycles. The Kier molecular flexibility index (Phi) is 3.66. The maximum atomic E-state index is 4.39. The van der Waals surface area contributed by atoms with Crippen molar-refractivity contribution in [1.82, 2.24) is 9.78 Å². The minimum Gasteiger partial charge on any atom is -0.273 e. The van der Waals surface area contributed by atoms with E-state index in [2.05, 4.69) is 25.0 Å². The molecule has 0 saturated carbocycles. The Morgan fingerprint density at radius 1 is 1.58 bits per heavy atom. The number of hydrogen-bond acceptors (Lipinski definition) is 2. The lowest BCUT2D eigenvalue weighted by Crippen LogP contribution is -1.95. The largest absolute Gasteiger partial charge is 0.273 e. The third kappa shape index (κ3) is 2.55. The number of thioether (sulfide) groups is 1. The number of aryl methyl sites for hydroxylation is 3. The van der Waals surface area contributed by atoms with Crippen LogP contribution in [0.4, 0.5) is 0 Å². The topological polar surface area (TPSA) is 17.8 Å². The van der Waals surface area contributed by atoms with Gasteiger partial charge in [-0.1, -0.05) is 6.92 Å². The summed E-state index contributed by atoms with van der Waals surface area (Å²) >= 11 is 1.97. The van der Waals surface area contributed by atoms with Crippen LogP contribution < -0.4 is 0 Å². The van der Waals surface area contributed by atoms with Gasteiger partial charge in [0, 0.05) is 19.2 Å². The number of rotatable bonds is 4. The van der Waals surface area contributed by atoms with Crippen molar-refractivity contribution in [1.29, 1.82) is 0 Å². The first-order valence-electron chi connectivity index (χ1n) is 4.31. The summed E-state index contributed by atoms with van der Waals surface area (Å²) in [6, 6.07) is 2.16. The number of nitrogens with zero attached hydrogens (tertiary/aromatic N) is 2. The van der Waals surface area contributed by atoms with Gasteiger partial charge in [0.1, 0.15) is 0 Å². The fourth-order valence-corrected chi connectivity index (χ4v) is 1.72. The monoisotopic (exact) mass is 184 g/mol. The van der Waals surface area contributed by atoms with Crippen LogP contribution in [-0.4, -0.2) is 21.3 Å². The molecule has 1 aromatic rings. The van der Waals surface area contributed by atoms with Crippen LogP contribution in [0.3, 0.4) is 0 Å². The van der Waals surface area contributed by atoms with E-state index in [9.17, 15) is 0 Å². The van der Waals surface area contributed by atoms with E-state index < -0.39 is 0 Å². The highest BCUT2D eigenvalue weighted by Gasteiger charge is 1.99. The Morgan fingerprint density at radius 3 is 2.83 bits per heavy atom. The van der Waals surface area contributed by atoms with E-state index >= 15 is 0 Å². The fourth-order valence-electron chi connectivity index (χ4n) is 1.08. The van der Waals surface area contributed by atoms with Gasteiger partial charge in [-0.2, -0.15) is 16.9 Å². The summed E-state index contributed by atoms with van der Waals surface area (Å²) in [6.07, 6.45) is 1.10. The first kappa shape index (κ1) is 9.65. The summed E-state index contributed by atoms with van der Waals surface area (Å²) in [6.45, 7) is 4.28. The molecule has 0 N–H and O–H groups in total. The first-order chi connectivity index (χ1) is 5.74. The van der Waals surface area contributed by atoms with Gasteiger partial charge in [0.15, 0.2) is 0 Å². The molecule has 0 saturated heterocycles. The first-order valence-corrected chi connectivity index (χ1v) is 5.46. The van der Waals surface area contributed by atoms with Crippen molar-refractivity contribution in [2.75, 3.05) is 11.5 Å². The summed E-state index contributed by atoms with van der Waals surface area (Å²) in [5.74, 6) is 2.39. The van der Waals surface area contributed by atoms with Crippen LogP contribution in [0.1, 0.15) is 18.3 Å². The van der Waals surface area contributed by atoms with Crippen molar-refractivity contribution in [2.24, 2.45) is 7.05 Å². The molecule has 68 valence electrons. The van der Waals surface area contributed by atoms with Gasteiger partial charge in [-0.15, -0.1) is 0 Å². The second kappa shape index (κ2) is 4.55. The van der Waals surface area contributed by atoms with Gasteiger partial charge in [-0.05, 0) is 24.5 Å². The minimum atomic E-state index is 1.10. The van der Waals surface area contributed by atoms with Crippen LogP contribution in [0, 0.1) is 6.92 Å². The van der Waals surface area contributed by atoms with E-state index in [1.807, 2.05) is 23.5 Å². The summed E-state index contributed by atoms with van der Waals surface area (Å²) in [7, 11) is 1.99. The van der Waals surface area contributed by atoms with Crippen molar-refractivity contribution >= 4 is 11.8 Å². The molecule has 0 atom stereocenters. The van der Waals surface area contributed by atoms with Gasteiger partial charge < -0.3 is 0 Å². The van der Waals surface area contributed by atoms with E-state index in [4.69, 9.17) is 0 Å². The molecule has 12 heavy (non-hydrogen) atoms. The highest BCUT2D eigenvalue weighted by molar-refractivity contribution is 7.99. The highest BCUT2D eigenvalue weighted by Crippen LogP contribution is 2.06. The van der Waals surface area contributed by atoms with Gasteiger partial charge in [-0.3, -0.25) is 4.68 Å². The van der Waals surface area contributed by atoms with Crippen LogP contribution >= 0.6 is 11.8 Å². The Balaban J connectivity index is 2.42. The van der Waals surface area contributed by atoms with Gasteiger partial charge in [0.2, 0.25) is 0 Å². The molecule has 0 radical (unpaired) electrons. The zero-order chi connectivity index (χ0) is 8.97. The average Bonchev–Trinajstić information content (AvgIpc) is 2.32. The standard InChI is InChI=1S/C9H16N2S/c1-4-12-6-5-9-7-8(2)11(3)10-9/h7H,4-6H2,1-3H3. The number of hydrogen-bond donors (Lipinski definition) is 0. The quantitative estimate of drug-likeness (QED) is 0.666. The number of aromatic nitrogens is 2. The van der Waals surface area contributed by atoms with Crippen LogP contribution in [0.15, 0.2) is 6.07 Å². The van der Waals surface area contributed by atoms with Gasteiger partial charge >= 0.3 is 0 Å². The molecule has 0 bridgehead atoms. The van der Waals surface area contributed by atoms with Crippen LogP contribution in [-0.2, 0) is 13.5 Å². The summed E-state index contributed by atoms with van der Waals surface area (Å²) in [5, 5.41) is 4.39. The van der Waals surface area contributed by atoms with Gasteiger partial charge in [0.25, 0.3) is 0 Å². The Hall–Kier alpha value is -0.440. The SMILES string of the molecule is CCSCCc1cc(C)n(C)n1. The van der Waals surface area contributed by atoms with Crippen molar-refractivity contribution < 1.29 is 0 Å². The van der Waals surface area contributed by atoms with Crippen molar-refractivity contribution in [3.05, 3.63) is 17.5 Å². The minimum absolute atomic E-state index is 1.10. The average molecular weight is 184 g/mol. The van der Waals surface area contributed by atoms with Crippen LogP contribution in [0.25, 0.3) is 0 Å². The molecule has 1 heterocycles. The Labute approximate surface area is 78.4 Å².